The molecule has 42 heavy (non-hydrogen) atoms. The summed E-state index contributed by atoms with van der Waals surface area (Å²) in [6, 6.07) is 19.5. The van der Waals surface area contributed by atoms with Crippen LogP contribution in [0, 0.1) is 0 Å². The van der Waals surface area contributed by atoms with Crippen molar-refractivity contribution in [2.75, 3.05) is 13.7 Å². The summed E-state index contributed by atoms with van der Waals surface area (Å²) in [6.45, 7) is 6.30. The van der Waals surface area contributed by atoms with Gasteiger partial charge in [0.2, 0.25) is 0 Å². The predicted octanol–water partition coefficient (Wildman–Crippen LogP) is 3.71. The van der Waals surface area contributed by atoms with Crippen molar-refractivity contribution in [3.8, 4) is 0 Å². The van der Waals surface area contributed by atoms with Gasteiger partial charge in [-0.2, -0.15) is 0 Å². The predicted molar refractivity (Wildman–Crippen MR) is 145 cm³/mol. The molecule has 4 saturated heterocycles. The molecule has 11 nitrogen and oxygen atoms in total. The van der Waals surface area contributed by atoms with Gasteiger partial charge >= 0.3 is 6.16 Å². The van der Waals surface area contributed by atoms with Gasteiger partial charge < -0.3 is 47.4 Å². The van der Waals surface area contributed by atoms with Gasteiger partial charge in [-0.05, 0) is 31.9 Å². The van der Waals surface area contributed by atoms with Crippen LogP contribution in [-0.2, 0) is 60.6 Å². The lowest BCUT2D eigenvalue weighted by Crippen LogP contribution is -2.63. The van der Waals surface area contributed by atoms with Crippen molar-refractivity contribution in [1.29, 1.82) is 0 Å². The van der Waals surface area contributed by atoms with Crippen LogP contribution in [0.15, 0.2) is 60.7 Å². The second-order valence-corrected chi connectivity index (χ2v) is 11.3. The quantitative estimate of drug-likeness (QED) is 0.380. The van der Waals surface area contributed by atoms with Crippen molar-refractivity contribution in [2.45, 2.75) is 101 Å². The maximum atomic E-state index is 12.4. The smallest absolute Gasteiger partial charge is 0.424 e. The van der Waals surface area contributed by atoms with Gasteiger partial charge in [-0.1, -0.05) is 60.7 Å². The normalized spacial score (nSPS) is 37.0. The SMILES string of the molecule is CO[C@@H]1O[C@@H](C)[C@H](OC2O[C@H](COCc3ccccc3)[C@H]3OC(=O)O[C@@H]3[C@H]2OCc2ccccc2)[C@H]2OC(C)(C)O[C@@H]12. The van der Waals surface area contributed by atoms with E-state index in [2.05, 4.69) is 0 Å². The standard InChI is InChI=1S/C31H38O11/c1-18-22(25-27(28(33-4)36-18)42-31(2,3)41-25)38-29-26(35-16-20-13-9-6-10-14-20)24-23(39-30(32)40-24)21(37-29)17-34-15-19-11-7-5-8-12-19/h5-14,18,21-29H,15-17H2,1-4H3/t18-,21+,22-,23+,24-,25+,26+,27+,28+,29?/m0/s1. The Morgan fingerprint density at radius 1 is 0.762 bits per heavy atom. The minimum absolute atomic E-state index is 0.138. The molecule has 4 heterocycles. The van der Waals surface area contributed by atoms with E-state index >= 15 is 0 Å². The molecule has 0 saturated carbocycles. The monoisotopic (exact) mass is 586 g/mol. The van der Waals surface area contributed by atoms with E-state index in [1.165, 1.54) is 0 Å². The molecule has 0 aromatic heterocycles. The van der Waals surface area contributed by atoms with Gasteiger partial charge in [0.25, 0.3) is 0 Å². The number of fused-ring (bicyclic) bond motifs is 2. The van der Waals surface area contributed by atoms with Crippen molar-refractivity contribution in [2.24, 2.45) is 0 Å². The summed E-state index contributed by atoms with van der Waals surface area (Å²) in [5.74, 6) is -0.870. The van der Waals surface area contributed by atoms with Gasteiger partial charge in [-0.25, -0.2) is 4.79 Å². The lowest BCUT2D eigenvalue weighted by atomic mass is 9.97. The molecular formula is C31H38O11. The van der Waals surface area contributed by atoms with E-state index in [9.17, 15) is 4.79 Å². The van der Waals surface area contributed by atoms with Crippen LogP contribution < -0.4 is 0 Å². The molecule has 0 amide bonds. The molecule has 4 fully saturated rings. The number of carbonyl (C=O) groups is 1. The molecular weight excluding hydrogens is 548 g/mol. The second-order valence-electron chi connectivity index (χ2n) is 11.3. The number of methoxy groups -OCH3 is 1. The summed E-state index contributed by atoms with van der Waals surface area (Å²) in [7, 11) is 1.57. The Hall–Kier alpha value is -2.61. The fourth-order valence-electron chi connectivity index (χ4n) is 5.91. The third-order valence-corrected chi connectivity index (χ3v) is 7.83. The molecule has 4 aliphatic heterocycles. The van der Waals surface area contributed by atoms with Gasteiger partial charge in [0.1, 0.15) is 30.5 Å². The first-order valence-electron chi connectivity index (χ1n) is 14.3. The van der Waals surface area contributed by atoms with Crippen LogP contribution in [0.2, 0.25) is 0 Å². The fraction of sp³-hybridized carbons (Fsp3) is 0.581. The first kappa shape index (κ1) is 29.5. The van der Waals surface area contributed by atoms with Crippen molar-refractivity contribution in [3.63, 3.8) is 0 Å². The maximum absolute atomic E-state index is 12.4. The maximum Gasteiger partial charge on any atom is 0.509 e. The molecule has 1 unspecified atom stereocenters. The third kappa shape index (κ3) is 6.34. The van der Waals surface area contributed by atoms with E-state index in [0.29, 0.717) is 6.61 Å². The molecule has 0 bridgehead atoms. The number of rotatable bonds is 10. The highest BCUT2D eigenvalue weighted by Crippen LogP contribution is 2.41. The lowest BCUT2D eigenvalue weighted by Gasteiger charge is -2.45. The minimum atomic E-state index is -0.974. The number of hydrogen-bond donors (Lipinski definition) is 0. The zero-order valence-electron chi connectivity index (χ0n) is 24.2. The van der Waals surface area contributed by atoms with Crippen LogP contribution in [0.4, 0.5) is 4.79 Å². The molecule has 10 atom stereocenters. The molecule has 6 rings (SSSR count). The summed E-state index contributed by atoms with van der Waals surface area (Å²) in [4.78, 5) is 12.4. The van der Waals surface area contributed by atoms with Crippen LogP contribution in [0.3, 0.4) is 0 Å². The molecule has 2 aromatic rings. The molecule has 11 heteroatoms. The number of benzene rings is 2. The highest BCUT2D eigenvalue weighted by atomic mass is 16.8. The average molecular weight is 587 g/mol. The summed E-state index contributed by atoms with van der Waals surface area (Å²) < 4.78 is 60.8. The van der Waals surface area contributed by atoms with Crippen molar-refractivity contribution < 1.29 is 52.2 Å². The third-order valence-electron chi connectivity index (χ3n) is 7.83. The van der Waals surface area contributed by atoms with Crippen LogP contribution in [0.25, 0.3) is 0 Å². The Labute approximate surface area is 245 Å². The van der Waals surface area contributed by atoms with Gasteiger partial charge in [-0.3, -0.25) is 0 Å². The Kier molecular flexibility index (Phi) is 8.80. The number of hydrogen-bond acceptors (Lipinski definition) is 11. The van der Waals surface area contributed by atoms with E-state index in [0.717, 1.165) is 11.1 Å². The molecule has 0 spiro atoms. The first-order chi connectivity index (χ1) is 20.3. The van der Waals surface area contributed by atoms with Crippen LogP contribution in [0.5, 0.6) is 0 Å². The van der Waals surface area contributed by atoms with Crippen molar-refractivity contribution in [1.82, 2.24) is 0 Å². The van der Waals surface area contributed by atoms with E-state index in [-0.39, 0.29) is 13.2 Å². The average Bonchev–Trinajstić information content (AvgIpc) is 3.53. The molecule has 0 radical (unpaired) electrons. The Balaban J connectivity index is 1.24. The molecule has 0 N–H and O–H groups in total. The van der Waals surface area contributed by atoms with Gasteiger partial charge in [0.05, 0.1) is 25.9 Å². The van der Waals surface area contributed by atoms with Crippen LogP contribution >= 0.6 is 0 Å². The molecule has 0 aliphatic carbocycles. The summed E-state index contributed by atoms with van der Waals surface area (Å²) in [5, 5.41) is 0. The Morgan fingerprint density at radius 2 is 1.40 bits per heavy atom. The second kappa shape index (κ2) is 12.6. The summed E-state index contributed by atoms with van der Waals surface area (Å²) in [5.41, 5.74) is 1.95. The van der Waals surface area contributed by atoms with Crippen molar-refractivity contribution in [3.05, 3.63) is 71.8 Å². The van der Waals surface area contributed by atoms with Gasteiger partial charge in [0.15, 0.2) is 30.6 Å². The van der Waals surface area contributed by atoms with E-state index < -0.39 is 73.4 Å². The molecule has 228 valence electrons. The van der Waals surface area contributed by atoms with E-state index in [4.69, 9.17) is 47.4 Å². The Bertz CT molecular complexity index is 1180. The number of carbonyl (C=O) groups excluding carboxylic acids is 1. The minimum Gasteiger partial charge on any atom is -0.424 e. The van der Waals surface area contributed by atoms with Gasteiger partial charge in [-0.15, -0.1) is 0 Å². The highest BCUT2D eigenvalue weighted by molar-refractivity contribution is 5.63. The largest absolute Gasteiger partial charge is 0.509 e. The number of ether oxygens (including phenoxy) is 10. The summed E-state index contributed by atoms with van der Waals surface area (Å²) >= 11 is 0. The van der Waals surface area contributed by atoms with Gasteiger partial charge in [0, 0.05) is 7.11 Å². The first-order valence-corrected chi connectivity index (χ1v) is 14.3. The zero-order chi connectivity index (χ0) is 29.3. The van der Waals surface area contributed by atoms with Crippen LogP contribution in [-0.4, -0.2) is 87.1 Å². The van der Waals surface area contributed by atoms with Crippen molar-refractivity contribution >= 4 is 6.16 Å². The zero-order valence-corrected chi connectivity index (χ0v) is 24.2. The van der Waals surface area contributed by atoms with Crippen LogP contribution in [0.1, 0.15) is 31.9 Å². The Morgan fingerprint density at radius 3 is 2.10 bits per heavy atom. The molecule has 4 aliphatic rings. The lowest BCUT2D eigenvalue weighted by molar-refractivity contribution is -0.342. The highest BCUT2D eigenvalue weighted by Gasteiger charge is 2.59. The van der Waals surface area contributed by atoms with E-state index in [1.807, 2.05) is 81.4 Å². The fourth-order valence-corrected chi connectivity index (χ4v) is 5.91. The van der Waals surface area contributed by atoms with E-state index in [1.54, 1.807) is 7.11 Å². The molecule has 2 aromatic carbocycles. The summed E-state index contributed by atoms with van der Waals surface area (Å²) in [6.07, 6.45) is -7.51. The topological polar surface area (TPSA) is 109 Å².